The van der Waals surface area contributed by atoms with Gasteiger partial charge in [-0.05, 0) is 59.7 Å². The Balaban J connectivity index is 0.00000420. The molecule has 0 spiro atoms. The summed E-state index contributed by atoms with van der Waals surface area (Å²) in [5.74, 6) is 0. The zero-order valence-corrected chi connectivity index (χ0v) is 22.4. The van der Waals surface area contributed by atoms with E-state index in [1.165, 1.54) is 57.4 Å². The summed E-state index contributed by atoms with van der Waals surface area (Å²) in [5, 5.41) is 1.52. The SMILES string of the molecule is CCCCCCCc1ccc2c(CCCCCCC)ccc(S(=O)(=O)[O-])c2c1.[K+]. The van der Waals surface area contributed by atoms with Crippen LogP contribution in [-0.2, 0) is 23.0 Å². The molecule has 156 valence electrons. The summed E-state index contributed by atoms with van der Waals surface area (Å²) in [6.45, 7) is 4.41. The summed E-state index contributed by atoms with van der Waals surface area (Å²) < 4.78 is 35.3. The zero-order valence-electron chi connectivity index (χ0n) is 18.5. The van der Waals surface area contributed by atoms with E-state index in [0.29, 0.717) is 5.39 Å². The van der Waals surface area contributed by atoms with Crippen LogP contribution in [-0.4, -0.2) is 13.0 Å². The third-order valence-corrected chi connectivity index (χ3v) is 6.41. The maximum Gasteiger partial charge on any atom is 1.00 e. The van der Waals surface area contributed by atoms with Crippen molar-refractivity contribution in [2.24, 2.45) is 0 Å². The molecule has 2 rings (SSSR count). The van der Waals surface area contributed by atoms with Crippen molar-refractivity contribution in [2.75, 3.05) is 0 Å². The van der Waals surface area contributed by atoms with E-state index in [0.717, 1.165) is 42.2 Å². The number of hydrogen-bond donors (Lipinski definition) is 0. The standard InChI is InChI=1S/C24H36O3S.K/c1-3-5-7-9-11-13-20-15-17-22-21(14-12-10-8-6-4-2)16-18-24(23(22)19-20)28(25,26)27;/h15-19H,3-14H2,1-2H3,(H,25,26,27);/q;+1/p-1. The van der Waals surface area contributed by atoms with E-state index < -0.39 is 10.1 Å². The van der Waals surface area contributed by atoms with Crippen molar-refractivity contribution >= 4 is 20.9 Å². The van der Waals surface area contributed by atoms with E-state index in [9.17, 15) is 13.0 Å². The summed E-state index contributed by atoms with van der Waals surface area (Å²) >= 11 is 0. The van der Waals surface area contributed by atoms with Crippen molar-refractivity contribution in [3.05, 3.63) is 41.5 Å². The molecular formula is C24H35KO3S. The minimum atomic E-state index is -4.48. The minimum Gasteiger partial charge on any atom is -0.744 e. The van der Waals surface area contributed by atoms with Gasteiger partial charge in [0.25, 0.3) is 0 Å². The van der Waals surface area contributed by atoms with Gasteiger partial charge in [0.2, 0.25) is 0 Å². The van der Waals surface area contributed by atoms with Crippen molar-refractivity contribution in [3.8, 4) is 0 Å². The van der Waals surface area contributed by atoms with E-state index in [-0.39, 0.29) is 56.3 Å². The first-order valence-electron chi connectivity index (χ1n) is 11.0. The molecule has 0 saturated carbocycles. The van der Waals surface area contributed by atoms with Gasteiger partial charge in [-0.15, -0.1) is 0 Å². The Bertz CT molecular complexity index is 847. The van der Waals surface area contributed by atoms with Crippen molar-refractivity contribution in [2.45, 2.75) is 95.8 Å². The average molecular weight is 443 g/mol. The van der Waals surface area contributed by atoms with Gasteiger partial charge in [0.15, 0.2) is 0 Å². The fourth-order valence-corrected chi connectivity index (χ4v) is 4.55. The molecule has 0 N–H and O–H groups in total. The van der Waals surface area contributed by atoms with Crippen molar-refractivity contribution < 1.29 is 64.4 Å². The van der Waals surface area contributed by atoms with Crippen LogP contribution in [0.15, 0.2) is 35.2 Å². The molecule has 0 atom stereocenters. The van der Waals surface area contributed by atoms with E-state index in [1.807, 2.05) is 18.2 Å². The summed E-state index contributed by atoms with van der Waals surface area (Å²) in [6.07, 6.45) is 13.9. The van der Waals surface area contributed by atoms with Gasteiger partial charge in [0.05, 0.1) is 4.90 Å². The Morgan fingerprint density at radius 2 is 1.31 bits per heavy atom. The average Bonchev–Trinajstić information content (AvgIpc) is 2.66. The van der Waals surface area contributed by atoms with Crippen LogP contribution in [0.3, 0.4) is 0 Å². The molecule has 0 aliphatic rings. The Morgan fingerprint density at radius 3 is 1.90 bits per heavy atom. The maximum atomic E-state index is 11.8. The number of benzene rings is 2. The van der Waals surface area contributed by atoms with Gasteiger partial charge in [0, 0.05) is 0 Å². The Labute approximate surface area is 220 Å². The van der Waals surface area contributed by atoms with E-state index >= 15 is 0 Å². The number of fused-ring (bicyclic) bond motifs is 1. The second-order valence-electron chi connectivity index (χ2n) is 7.89. The largest absolute Gasteiger partial charge is 1.00 e. The topological polar surface area (TPSA) is 57.2 Å². The van der Waals surface area contributed by atoms with Crippen LogP contribution in [0.5, 0.6) is 0 Å². The van der Waals surface area contributed by atoms with Crippen molar-refractivity contribution in [1.29, 1.82) is 0 Å². The quantitative estimate of drug-likeness (QED) is 0.269. The Kier molecular flexibility index (Phi) is 13.5. The summed E-state index contributed by atoms with van der Waals surface area (Å²) in [7, 11) is -4.48. The Hall–Kier alpha value is 0.246. The molecular weight excluding hydrogens is 407 g/mol. The third kappa shape index (κ3) is 9.10. The van der Waals surface area contributed by atoms with Crippen molar-refractivity contribution in [3.63, 3.8) is 0 Å². The first-order valence-corrected chi connectivity index (χ1v) is 12.4. The summed E-state index contributed by atoms with van der Waals surface area (Å²) in [6, 6.07) is 9.39. The first-order chi connectivity index (χ1) is 13.5. The van der Waals surface area contributed by atoms with Crippen LogP contribution >= 0.6 is 0 Å². The molecule has 0 aliphatic heterocycles. The van der Waals surface area contributed by atoms with Crippen molar-refractivity contribution in [1.82, 2.24) is 0 Å². The summed E-state index contributed by atoms with van der Waals surface area (Å²) in [5.41, 5.74) is 2.27. The zero-order chi connectivity index (χ0) is 20.4. The molecule has 0 radical (unpaired) electrons. The van der Waals surface area contributed by atoms with E-state index in [1.54, 1.807) is 0 Å². The third-order valence-electron chi connectivity index (χ3n) is 5.52. The van der Waals surface area contributed by atoms with Crippen LogP contribution < -0.4 is 51.4 Å². The number of rotatable bonds is 13. The second kappa shape index (κ2) is 14.3. The molecule has 2 aromatic rings. The fourth-order valence-electron chi connectivity index (χ4n) is 3.87. The summed E-state index contributed by atoms with van der Waals surface area (Å²) in [4.78, 5) is -0.0786. The number of aryl methyl sites for hydroxylation is 2. The molecule has 0 unspecified atom stereocenters. The smallest absolute Gasteiger partial charge is 0.744 e. The van der Waals surface area contributed by atoms with Gasteiger partial charge in [-0.3, -0.25) is 0 Å². The van der Waals surface area contributed by atoms with Gasteiger partial charge in [-0.2, -0.15) is 0 Å². The molecule has 5 heteroatoms. The normalized spacial score (nSPS) is 11.6. The number of hydrogen-bond acceptors (Lipinski definition) is 3. The predicted octanol–water partition coefficient (Wildman–Crippen LogP) is 3.77. The molecule has 3 nitrogen and oxygen atoms in total. The second-order valence-corrected chi connectivity index (χ2v) is 9.23. The van der Waals surface area contributed by atoms with Gasteiger partial charge < -0.3 is 4.55 Å². The van der Waals surface area contributed by atoms with Crippen LogP contribution in [0.1, 0.15) is 89.2 Å². The maximum absolute atomic E-state index is 11.8. The van der Waals surface area contributed by atoms with Gasteiger partial charge in [0.1, 0.15) is 10.1 Å². The van der Waals surface area contributed by atoms with E-state index in [4.69, 9.17) is 0 Å². The molecule has 29 heavy (non-hydrogen) atoms. The molecule has 0 heterocycles. The molecule has 0 bridgehead atoms. The molecule has 2 aromatic carbocycles. The van der Waals surface area contributed by atoms with Crippen LogP contribution in [0.4, 0.5) is 0 Å². The van der Waals surface area contributed by atoms with Crippen LogP contribution in [0, 0.1) is 0 Å². The van der Waals surface area contributed by atoms with Gasteiger partial charge >= 0.3 is 51.4 Å². The van der Waals surface area contributed by atoms with Gasteiger partial charge in [-0.25, -0.2) is 8.42 Å². The Morgan fingerprint density at radius 1 is 0.724 bits per heavy atom. The first kappa shape index (κ1) is 27.3. The van der Waals surface area contributed by atoms with Crippen LogP contribution in [0.25, 0.3) is 10.8 Å². The minimum absolute atomic E-state index is 0. The molecule has 0 saturated heterocycles. The van der Waals surface area contributed by atoms with Gasteiger partial charge in [-0.1, -0.05) is 83.4 Å². The molecule has 0 aliphatic carbocycles. The monoisotopic (exact) mass is 442 g/mol. The molecule has 0 amide bonds. The predicted molar refractivity (Wildman–Crippen MR) is 117 cm³/mol. The molecule has 0 fully saturated rings. The van der Waals surface area contributed by atoms with Crippen LogP contribution in [0.2, 0.25) is 0 Å². The molecule has 0 aromatic heterocycles. The number of unbranched alkanes of at least 4 members (excludes halogenated alkanes) is 8. The fraction of sp³-hybridized carbons (Fsp3) is 0.583. The van der Waals surface area contributed by atoms with E-state index in [2.05, 4.69) is 19.9 Å².